The molecule has 1 aromatic heterocycles. The molecule has 10 aromatic rings. The van der Waals surface area contributed by atoms with Gasteiger partial charge in [0, 0.05) is 22.1 Å². The molecule has 0 aliphatic heterocycles. The number of fused-ring (bicyclic) bond motifs is 6. The summed E-state index contributed by atoms with van der Waals surface area (Å²) in [4.78, 5) is 10.5. The summed E-state index contributed by atoms with van der Waals surface area (Å²) in [6.45, 7) is 4.75. The van der Waals surface area contributed by atoms with Crippen molar-refractivity contribution in [2.75, 3.05) is 0 Å². The summed E-state index contributed by atoms with van der Waals surface area (Å²) in [5.74, 6) is 0.712. The second kappa shape index (κ2) is 13.0. The van der Waals surface area contributed by atoms with Crippen LogP contribution in [0.15, 0.2) is 194 Å². The van der Waals surface area contributed by atoms with Gasteiger partial charge in [-0.1, -0.05) is 190 Å². The Morgan fingerprint density at radius 3 is 1.51 bits per heavy atom. The SMILES string of the molecule is CC1(C)c2cc3ccccc3cc2-c2c(-c3ccccc3-c3c4ccccc4c(-c4cc(-c5ccccc5)nc(-c5ccccc5)n4)c4ccccc34)cccc21. The molecule has 0 unspecified atom stereocenters. The lowest BCUT2D eigenvalue weighted by Gasteiger charge is -2.23. The lowest BCUT2D eigenvalue weighted by Crippen LogP contribution is -2.14. The Morgan fingerprint density at radius 1 is 0.333 bits per heavy atom. The molecule has 0 spiro atoms. The zero-order valence-corrected chi connectivity index (χ0v) is 31.9. The number of hydrogen-bond acceptors (Lipinski definition) is 2. The van der Waals surface area contributed by atoms with Gasteiger partial charge in [-0.05, 0) is 95.0 Å². The van der Waals surface area contributed by atoms with E-state index in [1.54, 1.807) is 0 Å². The highest BCUT2D eigenvalue weighted by Gasteiger charge is 2.37. The normalized spacial score (nSPS) is 12.9. The smallest absolute Gasteiger partial charge is 0.160 e. The molecular weight excluding hydrogens is 689 g/mol. The molecule has 0 saturated carbocycles. The van der Waals surface area contributed by atoms with Crippen molar-refractivity contribution in [3.8, 4) is 67.3 Å². The van der Waals surface area contributed by atoms with Gasteiger partial charge in [-0.2, -0.15) is 0 Å². The second-order valence-corrected chi connectivity index (χ2v) is 15.7. The molecule has 11 rings (SSSR count). The maximum atomic E-state index is 5.35. The third kappa shape index (κ3) is 5.25. The molecule has 1 aliphatic carbocycles. The Morgan fingerprint density at radius 2 is 0.842 bits per heavy atom. The van der Waals surface area contributed by atoms with Crippen LogP contribution in [-0.4, -0.2) is 9.97 Å². The highest BCUT2D eigenvalue weighted by molar-refractivity contribution is 6.22. The zero-order chi connectivity index (χ0) is 38.1. The first-order valence-corrected chi connectivity index (χ1v) is 19.8. The highest BCUT2D eigenvalue weighted by atomic mass is 14.9. The summed E-state index contributed by atoms with van der Waals surface area (Å²) in [5, 5.41) is 7.26. The molecule has 0 bridgehead atoms. The monoisotopic (exact) mass is 726 g/mol. The molecule has 0 amide bonds. The van der Waals surface area contributed by atoms with E-state index in [1.165, 1.54) is 66.1 Å². The van der Waals surface area contributed by atoms with Gasteiger partial charge in [0.25, 0.3) is 0 Å². The zero-order valence-electron chi connectivity index (χ0n) is 31.9. The van der Waals surface area contributed by atoms with Gasteiger partial charge in [0.2, 0.25) is 0 Å². The van der Waals surface area contributed by atoms with Gasteiger partial charge in [0.1, 0.15) is 0 Å². The van der Waals surface area contributed by atoms with Gasteiger partial charge >= 0.3 is 0 Å². The van der Waals surface area contributed by atoms with Crippen LogP contribution in [-0.2, 0) is 5.41 Å². The van der Waals surface area contributed by atoms with Crippen LogP contribution in [0, 0.1) is 0 Å². The summed E-state index contributed by atoms with van der Waals surface area (Å²) in [6.07, 6.45) is 0. The van der Waals surface area contributed by atoms with Gasteiger partial charge in [-0.3, -0.25) is 0 Å². The van der Waals surface area contributed by atoms with Crippen molar-refractivity contribution in [1.82, 2.24) is 9.97 Å². The Bertz CT molecular complexity index is 3080. The van der Waals surface area contributed by atoms with Crippen LogP contribution in [0.3, 0.4) is 0 Å². The summed E-state index contributed by atoms with van der Waals surface area (Å²) in [6, 6.07) is 70.2. The van der Waals surface area contributed by atoms with Gasteiger partial charge in [-0.15, -0.1) is 0 Å². The van der Waals surface area contributed by atoms with Gasteiger partial charge in [0.15, 0.2) is 5.82 Å². The minimum Gasteiger partial charge on any atom is -0.228 e. The van der Waals surface area contributed by atoms with Crippen molar-refractivity contribution in [3.63, 3.8) is 0 Å². The molecule has 2 heteroatoms. The van der Waals surface area contributed by atoms with Crippen LogP contribution in [0.4, 0.5) is 0 Å². The third-order valence-electron chi connectivity index (χ3n) is 12.1. The number of hydrogen-bond donors (Lipinski definition) is 0. The Labute approximate surface area is 332 Å². The van der Waals surface area contributed by atoms with E-state index in [-0.39, 0.29) is 5.41 Å². The molecule has 268 valence electrons. The molecule has 0 saturated heterocycles. The van der Waals surface area contributed by atoms with E-state index < -0.39 is 0 Å². The Balaban J connectivity index is 1.19. The van der Waals surface area contributed by atoms with E-state index in [2.05, 4.69) is 196 Å². The fourth-order valence-corrected chi connectivity index (χ4v) is 9.38. The topological polar surface area (TPSA) is 25.8 Å². The Hall–Kier alpha value is -7.16. The minimum atomic E-state index is -0.130. The molecule has 9 aromatic carbocycles. The van der Waals surface area contributed by atoms with Gasteiger partial charge in [-0.25, -0.2) is 9.97 Å². The van der Waals surface area contributed by atoms with Crippen LogP contribution in [0.2, 0.25) is 0 Å². The average molecular weight is 727 g/mol. The molecular formula is C55H38N2. The second-order valence-electron chi connectivity index (χ2n) is 15.7. The van der Waals surface area contributed by atoms with E-state index in [1.807, 2.05) is 12.1 Å². The minimum absolute atomic E-state index is 0.130. The largest absolute Gasteiger partial charge is 0.228 e. The molecule has 0 atom stereocenters. The summed E-state index contributed by atoms with van der Waals surface area (Å²) >= 11 is 0. The summed E-state index contributed by atoms with van der Waals surface area (Å²) in [5.41, 5.74) is 15.2. The van der Waals surface area contributed by atoms with Crippen molar-refractivity contribution in [2.45, 2.75) is 19.3 Å². The Kier molecular flexibility index (Phi) is 7.55. The van der Waals surface area contributed by atoms with Gasteiger partial charge in [0.05, 0.1) is 11.4 Å². The van der Waals surface area contributed by atoms with Crippen LogP contribution in [0.25, 0.3) is 99.6 Å². The first-order valence-electron chi connectivity index (χ1n) is 19.8. The molecule has 1 aliphatic rings. The van der Waals surface area contributed by atoms with E-state index in [9.17, 15) is 0 Å². The lowest BCUT2D eigenvalue weighted by molar-refractivity contribution is 0.661. The van der Waals surface area contributed by atoms with E-state index in [0.29, 0.717) is 5.82 Å². The number of benzene rings is 9. The predicted molar refractivity (Wildman–Crippen MR) is 239 cm³/mol. The van der Waals surface area contributed by atoms with Gasteiger partial charge < -0.3 is 0 Å². The average Bonchev–Trinajstić information content (AvgIpc) is 3.50. The molecule has 2 nitrogen and oxygen atoms in total. The molecule has 0 radical (unpaired) electrons. The van der Waals surface area contributed by atoms with Crippen molar-refractivity contribution < 1.29 is 0 Å². The first-order chi connectivity index (χ1) is 28.0. The molecule has 57 heavy (non-hydrogen) atoms. The quantitative estimate of drug-likeness (QED) is 0.165. The fraction of sp³-hybridized carbons (Fsp3) is 0.0545. The summed E-state index contributed by atoms with van der Waals surface area (Å²) < 4.78 is 0. The van der Waals surface area contributed by atoms with Crippen molar-refractivity contribution in [2.24, 2.45) is 0 Å². The summed E-state index contributed by atoms with van der Waals surface area (Å²) in [7, 11) is 0. The van der Waals surface area contributed by atoms with Crippen molar-refractivity contribution in [1.29, 1.82) is 0 Å². The first kappa shape index (κ1) is 33.2. The van der Waals surface area contributed by atoms with Crippen LogP contribution >= 0.6 is 0 Å². The standard InChI is InChI=1S/C55H38N2/c1-55(2)47-31-17-30-41(52(47)46-32-37-22-9-10-23-38(37)33-48(46)55)39-24-11-12-25-40(39)51-42-26-13-15-28-44(42)53(45-29-16-14-27-43(45)51)50-34-49(35-18-5-3-6-19-35)56-54(57-50)36-20-7-4-8-21-36/h3-34H,1-2H3. The van der Waals surface area contributed by atoms with E-state index in [0.717, 1.165) is 38.9 Å². The van der Waals surface area contributed by atoms with Crippen molar-refractivity contribution >= 4 is 32.3 Å². The number of nitrogens with zero attached hydrogens (tertiary/aromatic N) is 2. The van der Waals surface area contributed by atoms with E-state index in [4.69, 9.17) is 9.97 Å². The van der Waals surface area contributed by atoms with Crippen LogP contribution in [0.5, 0.6) is 0 Å². The molecule has 1 heterocycles. The fourth-order valence-electron chi connectivity index (χ4n) is 9.38. The number of rotatable bonds is 5. The predicted octanol–water partition coefficient (Wildman–Crippen LogP) is 14.6. The molecule has 0 fully saturated rings. The number of aromatic nitrogens is 2. The third-order valence-corrected chi connectivity index (χ3v) is 12.1. The van der Waals surface area contributed by atoms with Crippen LogP contribution in [0.1, 0.15) is 25.0 Å². The highest BCUT2D eigenvalue weighted by Crippen LogP contribution is 2.55. The van der Waals surface area contributed by atoms with Crippen molar-refractivity contribution in [3.05, 3.63) is 205 Å². The maximum Gasteiger partial charge on any atom is 0.160 e. The van der Waals surface area contributed by atoms with Crippen LogP contribution < -0.4 is 0 Å². The van der Waals surface area contributed by atoms with E-state index >= 15 is 0 Å². The molecule has 0 N–H and O–H groups in total. The maximum absolute atomic E-state index is 5.35. The lowest BCUT2D eigenvalue weighted by atomic mass is 9.80.